The molecule has 3 N–H and O–H groups in total. The van der Waals surface area contributed by atoms with Crippen LogP contribution in [0.4, 0.5) is 5.69 Å². The molecule has 1 fully saturated rings. The highest BCUT2D eigenvalue weighted by Gasteiger charge is 2.32. The fraction of sp³-hybridized carbons (Fsp3) is 0.364. The van der Waals surface area contributed by atoms with E-state index in [4.69, 9.17) is 9.47 Å². The van der Waals surface area contributed by atoms with Crippen molar-refractivity contribution >= 4 is 28.5 Å². The van der Waals surface area contributed by atoms with Crippen LogP contribution in [0, 0.1) is 0 Å². The van der Waals surface area contributed by atoms with Crippen LogP contribution in [0.1, 0.15) is 68.1 Å². The molecule has 0 aliphatic carbocycles. The molecular weight excluding hydrogens is 532 g/mol. The van der Waals surface area contributed by atoms with Crippen LogP contribution in [0.15, 0.2) is 79.1 Å². The summed E-state index contributed by atoms with van der Waals surface area (Å²) in [5.74, 6) is -0.0683. The lowest BCUT2D eigenvalue weighted by Crippen LogP contribution is -2.32. The number of amides is 2. The number of hydrogen-bond acceptors (Lipinski definition) is 6. The van der Waals surface area contributed by atoms with Crippen LogP contribution in [0.25, 0.3) is 11.0 Å². The lowest BCUT2D eigenvalue weighted by atomic mass is 10.00. The number of fused-ring (bicyclic) bond motifs is 1. The van der Waals surface area contributed by atoms with E-state index in [9.17, 15) is 14.7 Å². The maximum atomic E-state index is 12.4. The number of nitrogens with one attached hydrogen (secondary N) is 2. The first-order valence-electron chi connectivity index (χ1n) is 14.5. The van der Waals surface area contributed by atoms with E-state index in [1.807, 2.05) is 73.1 Å². The highest BCUT2D eigenvalue weighted by Crippen LogP contribution is 2.39. The van der Waals surface area contributed by atoms with E-state index in [2.05, 4.69) is 26.3 Å². The quantitative estimate of drug-likeness (QED) is 0.196. The Labute approximate surface area is 245 Å². The molecule has 5 rings (SSSR count). The molecule has 3 atom stereocenters. The molecule has 2 heterocycles. The molecule has 0 spiro atoms. The Balaban J connectivity index is 1.24. The number of unbranched alkanes of at least 4 members (excludes halogenated alkanes) is 2. The van der Waals surface area contributed by atoms with Crippen LogP contribution >= 0.6 is 0 Å². The second kappa shape index (κ2) is 14.2. The Morgan fingerprint density at radius 1 is 0.952 bits per heavy atom. The Bertz CT molecular complexity index is 1470. The first kappa shape index (κ1) is 29.4. The molecule has 0 bridgehead atoms. The highest BCUT2D eigenvalue weighted by molar-refractivity contribution is 5.90. The molecule has 9 heteroatoms. The van der Waals surface area contributed by atoms with E-state index >= 15 is 0 Å². The monoisotopic (exact) mass is 570 g/mol. The van der Waals surface area contributed by atoms with E-state index in [0.29, 0.717) is 25.9 Å². The molecule has 1 aromatic heterocycles. The number of aliphatic hydroxyl groups excluding tert-OH is 1. The summed E-state index contributed by atoms with van der Waals surface area (Å²) in [4.78, 5) is 27.9. The van der Waals surface area contributed by atoms with Gasteiger partial charge in [-0.3, -0.25) is 9.59 Å². The summed E-state index contributed by atoms with van der Waals surface area (Å²) in [5, 5.41) is 15.2. The number of benzene rings is 3. The van der Waals surface area contributed by atoms with Gasteiger partial charge in [0.15, 0.2) is 6.29 Å². The molecule has 3 aromatic carbocycles. The number of ether oxygens (including phenoxy) is 2. The number of imidazole rings is 1. The van der Waals surface area contributed by atoms with Crippen molar-refractivity contribution in [3.05, 3.63) is 95.8 Å². The van der Waals surface area contributed by atoms with E-state index in [-0.39, 0.29) is 30.6 Å². The molecule has 0 radical (unpaired) electrons. The number of aliphatic hydroxyl groups is 1. The maximum Gasteiger partial charge on any atom is 0.224 e. The lowest BCUT2D eigenvalue weighted by Gasteiger charge is -2.36. The van der Waals surface area contributed by atoms with Gasteiger partial charge in [-0.15, -0.1) is 0 Å². The fourth-order valence-electron chi connectivity index (χ4n) is 5.21. The van der Waals surface area contributed by atoms with Crippen molar-refractivity contribution in [2.45, 2.75) is 70.7 Å². The molecule has 0 saturated carbocycles. The van der Waals surface area contributed by atoms with Crippen LogP contribution in [0.5, 0.6) is 0 Å². The van der Waals surface area contributed by atoms with Gasteiger partial charge in [-0.2, -0.15) is 0 Å². The van der Waals surface area contributed by atoms with Crippen molar-refractivity contribution in [3.8, 4) is 0 Å². The van der Waals surface area contributed by atoms with Crippen LogP contribution in [-0.4, -0.2) is 39.1 Å². The number of aromatic nitrogens is 2. The van der Waals surface area contributed by atoms with E-state index < -0.39 is 6.29 Å². The number of rotatable bonds is 12. The number of carbonyl (C=O) groups is 2. The first-order chi connectivity index (χ1) is 20.5. The topological polar surface area (TPSA) is 115 Å². The van der Waals surface area contributed by atoms with Gasteiger partial charge in [0.2, 0.25) is 11.8 Å². The molecule has 1 aliphatic rings. The van der Waals surface area contributed by atoms with Gasteiger partial charge in [-0.05, 0) is 48.2 Å². The van der Waals surface area contributed by atoms with E-state index in [1.54, 1.807) is 0 Å². The van der Waals surface area contributed by atoms with Crippen molar-refractivity contribution in [1.29, 1.82) is 0 Å². The Hall–Kier alpha value is -4.05. The third-order valence-electron chi connectivity index (χ3n) is 7.46. The number of para-hydroxylation sites is 2. The molecular formula is C33H38N4O5. The predicted molar refractivity (Wildman–Crippen MR) is 160 cm³/mol. The lowest BCUT2D eigenvalue weighted by molar-refractivity contribution is -0.252. The molecule has 4 aromatic rings. The SMILES string of the molecule is CC(=O)NCCCCCC(=O)Nc1ccc([C@@H]2O[C@H](Cn3cnc4ccccc43)C[C@H](c3ccc(CO)cc3)O2)cc1. The van der Waals surface area contributed by atoms with Crippen LogP contribution < -0.4 is 10.6 Å². The van der Waals surface area contributed by atoms with Gasteiger partial charge in [0.05, 0.1) is 42.7 Å². The van der Waals surface area contributed by atoms with Crippen LogP contribution in [-0.2, 0) is 32.2 Å². The minimum atomic E-state index is -0.589. The number of hydrogen-bond donors (Lipinski definition) is 3. The number of nitrogens with zero attached hydrogens (tertiary/aromatic N) is 2. The minimum absolute atomic E-state index is 0.00460. The van der Waals surface area contributed by atoms with Crippen molar-refractivity contribution in [3.63, 3.8) is 0 Å². The van der Waals surface area contributed by atoms with Gasteiger partial charge in [0.1, 0.15) is 0 Å². The standard InChI is InChI=1S/C33H38N4O5/c1-23(39)34-18-6-2-3-9-32(40)36-27-16-14-26(15-17-27)33-41-28(20-37-22-35-29-7-4-5-8-30(29)37)19-31(42-33)25-12-10-24(21-38)11-13-25/h4-5,7-8,10-17,22,28,31,33,38H,2-3,6,9,18-21H2,1H3,(H,34,39)(H,36,40)/t28-,31+,33+/m0/s1. The number of carbonyl (C=O) groups excluding carboxylic acids is 2. The molecule has 1 aliphatic heterocycles. The summed E-state index contributed by atoms with van der Waals surface area (Å²) < 4.78 is 15.1. The van der Waals surface area contributed by atoms with Gasteiger partial charge >= 0.3 is 0 Å². The van der Waals surface area contributed by atoms with Crippen LogP contribution in [0.3, 0.4) is 0 Å². The third-order valence-corrected chi connectivity index (χ3v) is 7.46. The second-order valence-corrected chi connectivity index (χ2v) is 10.7. The van der Waals surface area contributed by atoms with E-state index in [0.717, 1.165) is 52.7 Å². The second-order valence-electron chi connectivity index (χ2n) is 10.7. The first-order valence-corrected chi connectivity index (χ1v) is 14.5. The summed E-state index contributed by atoms with van der Waals surface area (Å²) >= 11 is 0. The average molecular weight is 571 g/mol. The van der Waals surface area contributed by atoms with Crippen molar-refractivity contribution in [2.24, 2.45) is 0 Å². The van der Waals surface area contributed by atoms with Crippen LogP contribution in [0.2, 0.25) is 0 Å². The number of anilines is 1. The molecule has 220 valence electrons. The molecule has 1 saturated heterocycles. The minimum Gasteiger partial charge on any atom is -0.392 e. The fourth-order valence-corrected chi connectivity index (χ4v) is 5.21. The van der Waals surface area contributed by atoms with Gasteiger partial charge in [0.25, 0.3) is 0 Å². The zero-order valence-corrected chi connectivity index (χ0v) is 23.9. The average Bonchev–Trinajstić information content (AvgIpc) is 3.41. The van der Waals surface area contributed by atoms with Crippen molar-refractivity contribution in [1.82, 2.24) is 14.9 Å². The summed E-state index contributed by atoms with van der Waals surface area (Å²) in [7, 11) is 0. The molecule has 0 unspecified atom stereocenters. The zero-order valence-electron chi connectivity index (χ0n) is 23.9. The van der Waals surface area contributed by atoms with Gasteiger partial charge < -0.3 is 29.8 Å². The molecule has 2 amide bonds. The van der Waals surface area contributed by atoms with Gasteiger partial charge in [-0.25, -0.2) is 4.98 Å². The normalized spacial score (nSPS) is 18.6. The zero-order chi connectivity index (χ0) is 29.3. The van der Waals surface area contributed by atoms with Gasteiger partial charge in [-0.1, -0.05) is 55.0 Å². The van der Waals surface area contributed by atoms with Crippen molar-refractivity contribution in [2.75, 3.05) is 11.9 Å². The molecule has 9 nitrogen and oxygen atoms in total. The highest BCUT2D eigenvalue weighted by atomic mass is 16.7. The Morgan fingerprint density at radius 2 is 1.71 bits per heavy atom. The maximum absolute atomic E-state index is 12.4. The molecule has 42 heavy (non-hydrogen) atoms. The van der Waals surface area contributed by atoms with Gasteiger partial charge in [0, 0.05) is 37.6 Å². The smallest absolute Gasteiger partial charge is 0.224 e. The Kier molecular flexibility index (Phi) is 9.97. The summed E-state index contributed by atoms with van der Waals surface area (Å²) in [5.41, 5.74) is 5.47. The largest absolute Gasteiger partial charge is 0.392 e. The third kappa shape index (κ3) is 7.82. The summed E-state index contributed by atoms with van der Waals surface area (Å²) in [6.45, 7) is 2.76. The van der Waals surface area contributed by atoms with E-state index in [1.165, 1.54) is 6.92 Å². The van der Waals surface area contributed by atoms with Crippen molar-refractivity contribution < 1.29 is 24.2 Å². The summed E-state index contributed by atoms with van der Waals surface area (Å²) in [6, 6.07) is 23.5. The predicted octanol–water partition coefficient (Wildman–Crippen LogP) is 5.41. The summed E-state index contributed by atoms with van der Waals surface area (Å²) in [6.07, 6.45) is 4.53. The Morgan fingerprint density at radius 3 is 2.48 bits per heavy atom.